The first kappa shape index (κ1) is 17.8. The molecule has 7 heteroatoms. The molecule has 5 nitrogen and oxygen atoms in total. The first-order chi connectivity index (χ1) is 11.4. The van der Waals surface area contributed by atoms with Gasteiger partial charge in [-0.3, -0.25) is 4.79 Å². The zero-order valence-electron chi connectivity index (χ0n) is 12.5. The Morgan fingerprint density at radius 1 is 1.12 bits per heavy atom. The molecule has 0 aliphatic heterocycles. The second kappa shape index (κ2) is 7.86. The SMILES string of the molecule is COc1ccc(Cl)cc1/C=C/C(=O)Nc1ccc(Cl)cc1C(=O)O. The van der Waals surface area contributed by atoms with Crippen molar-refractivity contribution in [2.45, 2.75) is 0 Å². The van der Waals surface area contributed by atoms with E-state index in [1.165, 1.54) is 37.5 Å². The average molecular weight is 366 g/mol. The molecule has 1 amide bonds. The van der Waals surface area contributed by atoms with Gasteiger partial charge in [-0.05, 0) is 42.5 Å². The minimum absolute atomic E-state index is 0.0930. The Bertz CT molecular complexity index is 818. The summed E-state index contributed by atoms with van der Waals surface area (Å²) in [7, 11) is 1.51. The third-order valence-corrected chi connectivity index (χ3v) is 3.55. The van der Waals surface area contributed by atoms with Crippen LogP contribution in [-0.2, 0) is 4.79 Å². The first-order valence-electron chi connectivity index (χ1n) is 6.76. The van der Waals surface area contributed by atoms with Crippen LogP contribution in [-0.4, -0.2) is 24.1 Å². The maximum atomic E-state index is 12.0. The molecule has 124 valence electrons. The number of hydrogen-bond donors (Lipinski definition) is 2. The molecule has 2 N–H and O–H groups in total. The monoisotopic (exact) mass is 365 g/mol. The second-order valence-corrected chi connectivity index (χ2v) is 5.58. The van der Waals surface area contributed by atoms with Crippen molar-refractivity contribution >= 4 is 46.8 Å². The lowest BCUT2D eigenvalue weighted by Crippen LogP contribution is -2.12. The van der Waals surface area contributed by atoms with Gasteiger partial charge in [-0.1, -0.05) is 23.2 Å². The Morgan fingerprint density at radius 2 is 1.79 bits per heavy atom. The molecule has 0 radical (unpaired) electrons. The van der Waals surface area contributed by atoms with Crippen LogP contribution in [0.5, 0.6) is 5.75 Å². The number of carboxylic acid groups (broad SMARTS) is 1. The maximum Gasteiger partial charge on any atom is 0.337 e. The molecular formula is C17H13Cl2NO4. The zero-order chi connectivity index (χ0) is 17.7. The number of carbonyl (C=O) groups is 2. The first-order valence-corrected chi connectivity index (χ1v) is 7.51. The summed E-state index contributed by atoms with van der Waals surface area (Å²) in [5, 5.41) is 12.4. The van der Waals surface area contributed by atoms with Crippen molar-refractivity contribution in [3.63, 3.8) is 0 Å². The molecule has 0 atom stereocenters. The maximum absolute atomic E-state index is 12.0. The van der Waals surface area contributed by atoms with Crippen LogP contribution in [0.1, 0.15) is 15.9 Å². The zero-order valence-corrected chi connectivity index (χ0v) is 14.1. The van der Waals surface area contributed by atoms with E-state index >= 15 is 0 Å². The molecule has 0 bridgehead atoms. The number of benzene rings is 2. The molecule has 2 aromatic rings. The third-order valence-electron chi connectivity index (χ3n) is 3.08. The smallest absolute Gasteiger partial charge is 0.337 e. The molecule has 0 saturated carbocycles. The van der Waals surface area contributed by atoms with Gasteiger partial charge in [0.05, 0.1) is 18.4 Å². The van der Waals surface area contributed by atoms with Crippen molar-refractivity contribution in [3.05, 3.63) is 63.6 Å². The van der Waals surface area contributed by atoms with E-state index in [4.69, 9.17) is 33.0 Å². The Morgan fingerprint density at radius 3 is 2.46 bits per heavy atom. The predicted octanol–water partition coefficient (Wildman–Crippen LogP) is 4.35. The summed E-state index contributed by atoms with van der Waals surface area (Å²) >= 11 is 11.7. The van der Waals surface area contributed by atoms with Gasteiger partial charge in [-0.25, -0.2) is 4.79 Å². The van der Waals surface area contributed by atoms with Crippen molar-refractivity contribution in [2.75, 3.05) is 12.4 Å². The highest BCUT2D eigenvalue weighted by molar-refractivity contribution is 6.31. The molecule has 2 aromatic carbocycles. The molecule has 0 saturated heterocycles. The summed E-state index contributed by atoms with van der Waals surface area (Å²) in [6, 6.07) is 9.19. The van der Waals surface area contributed by atoms with E-state index < -0.39 is 11.9 Å². The number of aromatic carboxylic acids is 1. The Hall–Kier alpha value is -2.50. The molecule has 0 aliphatic rings. The van der Waals surface area contributed by atoms with E-state index in [-0.39, 0.29) is 16.3 Å². The summed E-state index contributed by atoms with van der Waals surface area (Å²) in [6.45, 7) is 0. The molecule has 0 unspecified atom stereocenters. The number of carbonyl (C=O) groups excluding carboxylic acids is 1. The van der Waals surface area contributed by atoms with Gasteiger partial charge < -0.3 is 15.2 Å². The van der Waals surface area contributed by atoms with Crippen molar-refractivity contribution < 1.29 is 19.4 Å². The average Bonchev–Trinajstić information content (AvgIpc) is 2.54. The van der Waals surface area contributed by atoms with Crippen LogP contribution < -0.4 is 10.1 Å². The van der Waals surface area contributed by atoms with E-state index in [0.717, 1.165) is 0 Å². The number of rotatable bonds is 5. The summed E-state index contributed by atoms with van der Waals surface area (Å²) < 4.78 is 5.18. The fraction of sp³-hybridized carbons (Fsp3) is 0.0588. The van der Waals surface area contributed by atoms with Gasteiger partial charge in [0.25, 0.3) is 0 Å². The van der Waals surface area contributed by atoms with Gasteiger partial charge >= 0.3 is 5.97 Å². The number of anilines is 1. The minimum atomic E-state index is -1.19. The second-order valence-electron chi connectivity index (χ2n) is 4.70. The molecule has 24 heavy (non-hydrogen) atoms. The highest BCUT2D eigenvalue weighted by atomic mass is 35.5. The topological polar surface area (TPSA) is 75.6 Å². The van der Waals surface area contributed by atoms with Crippen molar-refractivity contribution in [2.24, 2.45) is 0 Å². The van der Waals surface area contributed by atoms with Crippen molar-refractivity contribution in [1.82, 2.24) is 0 Å². The third kappa shape index (κ3) is 4.50. The lowest BCUT2D eigenvalue weighted by Gasteiger charge is -2.07. The van der Waals surface area contributed by atoms with Crippen LogP contribution in [0.3, 0.4) is 0 Å². The van der Waals surface area contributed by atoms with Crippen LogP contribution in [0.4, 0.5) is 5.69 Å². The van der Waals surface area contributed by atoms with Crippen LogP contribution in [0.2, 0.25) is 10.0 Å². The van der Waals surface area contributed by atoms with Gasteiger partial charge in [0.15, 0.2) is 0 Å². The van der Waals surface area contributed by atoms with E-state index in [0.29, 0.717) is 16.3 Å². The number of hydrogen-bond acceptors (Lipinski definition) is 3. The van der Waals surface area contributed by atoms with Gasteiger partial charge in [0.2, 0.25) is 5.91 Å². The summed E-state index contributed by atoms with van der Waals surface area (Å²) in [6.07, 6.45) is 2.78. The lowest BCUT2D eigenvalue weighted by molar-refractivity contribution is -0.111. The number of carboxylic acids is 1. The quantitative estimate of drug-likeness (QED) is 0.772. The van der Waals surface area contributed by atoms with E-state index in [2.05, 4.69) is 5.32 Å². The molecule has 2 rings (SSSR count). The standard InChI is InChI=1S/C17H13Cl2NO4/c1-24-15-6-4-11(18)8-10(15)2-7-16(21)20-14-5-3-12(19)9-13(14)17(22)23/h2-9H,1H3,(H,20,21)(H,22,23)/b7-2+. The van der Waals surface area contributed by atoms with Crippen LogP contribution >= 0.6 is 23.2 Å². The van der Waals surface area contributed by atoms with Gasteiger partial charge in [0.1, 0.15) is 5.75 Å². The number of nitrogens with one attached hydrogen (secondary N) is 1. The highest BCUT2D eigenvalue weighted by Crippen LogP contribution is 2.24. The largest absolute Gasteiger partial charge is 0.496 e. The predicted molar refractivity (Wildman–Crippen MR) is 94.1 cm³/mol. The van der Waals surface area contributed by atoms with Crippen LogP contribution in [0.15, 0.2) is 42.5 Å². The van der Waals surface area contributed by atoms with Gasteiger partial charge in [-0.15, -0.1) is 0 Å². The van der Waals surface area contributed by atoms with E-state index in [1.54, 1.807) is 18.2 Å². The van der Waals surface area contributed by atoms with Crippen molar-refractivity contribution in [3.8, 4) is 5.75 Å². The molecule has 0 spiro atoms. The summed E-state index contributed by atoms with van der Waals surface area (Å²) in [4.78, 5) is 23.2. The molecule has 0 fully saturated rings. The van der Waals surface area contributed by atoms with Gasteiger partial charge in [-0.2, -0.15) is 0 Å². The summed E-state index contributed by atoms with van der Waals surface area (Å²) in [5.74, 6) is -1.13. The Labute approximate surface area is 148 Å². The summed E-state index contributed by atoms with van der Waals surface area (Å²) in [5.41, 5.74) is 0.680. The van der Waals surface area contributed by atoms with E-state index in [9.17, 15) is 9.59 Å². The molecule has 0 heterocycles. The van der Waals surface area contributed by atoms with E-state index in [1.807, 2.05) is 0 Å². The number of methoxy groups -OCH3 is 1. The minimum Gasteiger partial charge on any atom is -0.496 e. The highest BCUT2D eigenvalue weighted by Gasteiger charge is 2.12. The lowest BCUT2D eigenvalue weighted by atomic mass is 10.1. The number of halogens is 2. The van der Waals surface area contributed by atoms with Crippen LogP contribution in [0, 0.1) is 0 Å². The van der Waals surface area contributed by atoms with Gasteiger partial charge in [0, 0.05) is 21.7 Å². The fourth-order valence-electron chi connectivity index (χ4n) is 1.98. The molecular weight excluding hydrogens is 353 g/mol. The number of amides is 1. The Balaban J connectivity index is 2.20. The fourth-order valence-corrected chi connectivity index (χ4v) is 2.33. The molecule has 0 aromatic heterocycles. The Kier molecular flexibility index (Phi) is 5.84. The molecule has 0 aliphatic carbocycles. The number of ether oxygens (including phenoxy) is 1. The van der Waals surface area contributed by atoms with Crippen LogP contribution in [0.25, 0.3) is 6.08 Å². The normalized spacial score (nSPS) is 10.6. The van der Waals surface area contributed by atoms with Crippen molar-refractivity contribution in [1.29, 1.82) is 0 Å².